The summed E-state index contributed by atoms with van der Waals surface area (Å²) in [7, 11) is 2.13. The monoisotopic (exact) mass is 345 g/mol. The number of thioether (sulfide) groups is 1. The van der Waals surface area contributed by atoms with Gasteiger partial charge in [0.2, 0.25) is 0 Å². The van der Waals surface area contributed by atoms with Crippen LogP contribution in [0, 0.1) is 0 Å². The number of aliphatic imine (C=N–C) groups is 1. The molecule has 0 bridgehead atoms. The van der Waals surface area contributed by atoms with Gasteiger partial charge in [-0.2, -0.15) is 0 Å². The lowest BCUT2D eigenvalue weighted by molar-refractivity contribution is 0.367. The van der Waals surface area contributed by atoms with Crippen LogP contribution < -0.4 is 0 Å². The Bertz CT molecular complexity index is 850. The quantitative estimate of drug-likeness (QED) is 0.672. The highest BCUT2D eigenvalue weighted by Gasteiger charge is 2.36. The van der Waals surface area contributed by atoms with Gasteiger partial charge in [0.25, 0.3) is 0 Å². The minimum Gasteiger partial charge on any atom is -0.345 e. The maximum absolute atomic E-state index is 5.06. The van der Waals surface area contributed by atoms with Gasteiger partial charge in [-0.05, 0) is 29.3 Å². The van der Waals surface area contributed by atoms with E-state index in [2.05, 4.69) is 77.6 Å². The first kappa shape index (κ1) is 15.9. The molecule has 2 atom stereocenters. The van der Waals surface area contributed by atoms with Crippen molar-refractivity contribution in [1.29, 1.82) is 0 Å². The molecule has 0 aliphatic carbocycles. The van der Waals surface area contributed by atoms with Crippen molar-refractivity contribution in [3.63, 3.8) is 0 Å². The highest BCUT2D eigenvalue weighted by molar-refractivity contribution is 8.13. The summed E-state index contributed by atoms with van der Waals surface area (Å²) in [4.78, 5) is 12.8. The Morgan fingerprint density at radius 2 is 1.52 bits per heavy atom. The third kappa shape index (κ3) is 3.30. The SMILES string of the molecule is CN1C(Sc2ccccc2)=NC(c2cccnc2)C1c1ccccc1. The van der Waals surface area contributed by atoms with E-state index in [1.54, 1.807) is 11.8 Å². The summed E-state index contributed by atoms with van der Waals surface area (Å²) >= 11 is 1.71. The third-order valence-electron chi connectivity index (χ3n) is 4.39. The van der Waals surface area contributed by atoms with Crippen LogP contribution in [0.25, 0.3) is 0 Å². The van der Waals surface area contributed by atoms with E-state index >= 15 is 0 Å². The van der Waals surface area contributed by atoms with E-state index in [-0.39, 0.29) is 12.1 Å². The zero-order valence-corrected chi connectivity index (χ0v) is 14.8. The summed E-state index contributed by atoms with van der Waals surface area (Å²) < 4.78 is 0. The minimum absolute atomic E-state index is 0.0484. The Hall–Kier alpha value is -2.59. The highest BCUT2D eigenvalue weighted by atomic mass is 32.2. The van der Waals surface area contributed by atoms with Crippen molar-refractivity contribution in [2.45, 2.75) is 17.0 Å². The largest absolute Gasteiger partial charge is 0.345 e. The van der Waals surface area contributed by atoms with Gasteiger partial charge < -0.3 is 4.90 Å². The van der Waals surface area contributed by atoms with E-state index in [1.807, 2.05) is 24.5 Å². The molecule has 2 aromatic carbocycles. The van der Waals surface area contributed by atoms with E-state index in [4.69, 9.17) is 4.99 Å². The summed E-state index contributed by atoms with van der Waals surface area (Å²) in [5, 5.41) is 1.04. The zero-order chi connectivity index (χ0) is 17.1. The van der Waals surface area contributed by atoms with Crippen molar-refractivity contribution in [3.05, 3.63) is 96.3 Å². The maximum Gasteiger partial charge on any atom is 0.165 e. The fourth-order valence-electron chi connectivity index (χ4n) is 3.17. The van der Waals surface area contributed by atoms with Crippen LogP contribution in [0.4, 0.5) is 0 Å². The second-order valence-electron chi connectivity index (χ2n) is 6.02. The van der Waals surface area contributed by atoms with Crippen molar-refractivity contribution in [2.75, 3.05) is 7.05 Å². The van der Waals surface area contributed by atoms with E-state index < -0.39 is 0 Å². The summed E-state index contributed by atoms with van der Waals surface area (Å²) in [6.07, 6.45) is 3.73. The molecular formula is C21H19N3S. The first-order chi connectivity index (χ1) is 12.3. The van der Waals surface area contributed by atoms with Gasteiger partial charge in [0.05, 0.1) is 6.04 Å². The van der Waals surface area contributed by atoms with Gasteiger partial charge in [-0.3, -0.25) is 9.98 Å². The highest BCUT2D eigenvalue weighted by Crippen LogP contribution is 2.43. The molecule has 2 heterocycles. The fraction of sp³-hybridized carbons (Fsp3) is 0.143. The molecule has 0 amide bonds. The molecule has 3 aromatic rings. The van der Waals surface area contributed by atoms with Crippen molar-refractivity contribution >= 4 is 16.9 Å². The Kier molecular flexibility index (Phi) is 4.53. The van der Waals surface area contributed by atoms with Gasteiger partial charge in [0.1, 0.15) is 6.04 Å². The fourth-order valence-corrected chi connectivity index (χ4v) is 4.10. The zero-order valence-electron chi connectivity index (χ0n) is 14.0. The lowest BCUT2D eigenvalue weighted by Crippen LogP contribution is -2.25. The maximum atomic E-state index is 5.06. The summed E-state index contributed by atoms with van der Waals surface area (Å²) in [6, 6.07) is 25.3. The average molecular weight is 345 g/mol. The van der Waals surface area contributed by atoms with Crippen LogP contribution in [0.2, 0.25) is 0 Å². The molecule has 0 spiro atoms. The third-order valence-corrected chi connectivity index (χ3v) is 5.47. The van der Waals surface area contributed by atoms with Crippen molar-refractivity contribution < 1.29 is 0 Å². The number of nitrogens with zero attached hydrogens (tertiary/aromatic N) is 3. The van der Waals surface area contributed by atoms with Crippen LogP contribution >= 0.6 is 11.8 Å². The van der Waals surface area contributed by atoms with Gasteiger partial charge >= 0.3 is 0 Å². The van der Waals surface area contributed by atoms with Gasteiger partial charge in [-0.25, -0.2) is 0 Å². The molecule has 1 aliphatic heterocycles. The molecule has 4 rings (SSSR count). The van der Waals surface area contributed by atoms with E-state index in [9.17, 15) is 0 Å². The molecule has 124 valence electrons. The van der Waals surface area contributed by atoms with E-state index in [0.29, 0.717) is 0 Å². The molecule has 1 aliphatic rings. The second kappa shape index (κ2) is 7.11. The first-order valence-corrected chi connectivity index (χ1v) is 9.13. The Balaban J connectivity index is 1.71. The van der Waals surface area contributed by atoms with Crippen LogP contribution in [0.15, 0.2) is 95.1 Å². The van der Waals surface area contributed by atoms with Crippen molar-refractivity contribution in [1.82, 2.24) is 9.88 Å². The van der Waals surface area contributed by atoms with Gasteiger partial charge in [0, 0.05) is 24.3 Å². The van der Waals surface area contributed by atoms with Crippen molar-refractivity contribution in [2.24, 2.45) is 4.99 Å². The molecule has 1 aromatic heterocycles. The molecule has 3 nitrogen and oxygen atoms in total. The molecular weight excluding hydrogens is 326 g/mol. The lowest BCUT2D eigenvalue weighted by Gasteiger charge is -2.27. The normalized spacial score (nSPS) is 19.7. The van der Waals surface area contributed by atoms with Crippen molar-refractivity contribution in [3.8, 4) is 0 Å². The standard InChI is InChI=1S/C21H19N3S/c1-24-20(16-9-4-2-5-10-16)19(17-11-8-14-22-15-17)23-21(24)25-18-12-6-3-7-13-18/h2-15,19-20H,1H3. The van der Waals surface area contributed by atoms with Gasteiger partial charge in [-0.1, -0.05) is 66.4 Å². The average Bonchev–Trinajstić information content (AvgIpc) is 3.00. The summed E-state index contributed by atoms with van der Waals surface area (Å²) in [6.45, 7) is 0. The number of amidine groups is 1. The van der Waals surface area contributed by atoms with E-state index in [0.717, 1.165) is 10.7 Å². The summed E-state index contributed by atoms with van der Waals surface area (Å²) in [5.41, 5.74) is 2.41. The van der Waals surface area contributed by atoms with Gasteiger partial charge in [0.15, 0.2) is 5.17 Å². The summed E-state index contributed by atoms with van der Waals surface area (Å²) in [5.74, 6) is 0. The number of hydrogen-bond donors (Lipinski definition) is 0. The molecule has 0 fully saturated rings. The Morgan fingerprint density at radius 1 is 0.840 bits per heavy atom. The molecule has 0 saturated heterocycles. The lowest BCUT2D eigenvalue weighted by atomic mass is 9.95. The molecule has 0 N–H and O–H groups in total. The topological polar surface area (TPSA) is 28.5 Å². The number of rotatable bonds is 3. The molecule has 25 heavy (non-hydrogen) atoms. The van der Waals surface area contributed by atoms with Crippen LogP contribution in [0.5, 0.6) is 0 Å². The first-order valence-electron chi connectivity index (χ1n) is 8.31. The van der Waals surface area contributed by atoms with Gasteiger partial charge in [-0.15, -0.1) is 0 Å². The predicted molar refractivity (Wildman–Crippen MR) is 104 cm³/mol. The predicted octanol–water partition coefficient (Wildman–Crippen LogP) is 4.96. The van der Waals surface area contributed by atoms with Crippen LogP contribution in [-0.4, -0.2) is 22.1 Å². The Labute approximate surface area is 152 Å². The van der Waals surface area contributed by atoms with E-state index in [1.165, 1.54) is 10.5 Å². The van der Waals surface area contributed by atoms with Crippen LogP contribution in [0.1, 0.15) is 23.2 Å². The smallest absolute Gasteiger partial charge is 0.165 e. The number of hydrogen-bond acceptors (Lipinski definition) is 4. The number of aromatic nitrogens is 1. The molecule has 0 radical (unpaired) electrons. The van der Waals surface area contributed by atoms with Crippen LogP contribution in [0.3, 0.4) is 0 Å². The molecule has 0 saturated carbocycles. The Morgan fingerprint density at radius 3 is 2.20 bits per heavy atom. The number of benzene rings is 2. The van der Waals surface area contributed by atoms with Crippen LogP contribution in [-0.2, 0) is 0 Å². The molecule has 2 unspecified atom stereocenters. The second-order valence-corrected chi connectivity index (χ2v) is 7.07. The minimum atomic E-state index is 0.0484. The number of likely N-dealkylation sites (N-methyl/N-ethyl adjacent to an activating group) is 1. The number of pyridine rings is 1. The molecule has 4 heteroatoms.